The van der Waals surface area contributed by atoms with Crippen LogP contribution in [0.5, 0.6) is 5.75 Å². The van der Waals surface area contributed by atoms with Crippen molar-refractivity contribution in [3.8, 4) is 5.75 Å². The Bertz CT molecular complexity index is 480. The lowest BCUT2D eigenvalue weighted by Gasteiger charge is -2.22. The van der Waals surface area contributed by atoms with Crippen molar-refractivity contribution in [2.24, 2.45) is 5.92 Å². The van der Waals surface area contributed by atoms with Gasteiger partial charge in [-0.2, -0.15) is 0 Å². The third-order valence-corrected chi connectivity index (χ3v) is 3.83. The molecule has 0 spiro atoms. The Morgan fingerprint density at radius 3 is 2.24 bits per heavy atom. The van der Waals surface area contributed by atoms with E-state index < -0.39 is 6.10 Å². The van der Waals surface area contributed by atoms with E-state index in [0.29, 0.717) is 11.8 Å². The lowest BCUT2D eigenvalue weighted by Crippen LogP contribution is -2.43. The largest absolute Gasteiger partial charge is 0.481 e. The second-order valence-electron chi connectivity index (χ2n) is 6.50. The van der Waals surface area contributed by atoms with Crippen LogP contribution in [0.2, 0.25) is 0 Å². The molecule has 0 radical (unpaired) electrons. The van der Waals surface area contributed by atoms with Crippen LogP contribution in [0.3, 0.4) is 0 Å². The predicted molar refractivity (Wildman–Crippen MR) is 87.8 cm³/mol. The van der Waals surface area contributed by atoms with Gasteiger partial charge in [-0.05, 0) is 49.8 Å². The summed E-state index contributed by atoms with van der Waals surface area (Å²) in [6.07, 6.45) is -0.495. The quantitative estimate of drug-likeness (QED) is 0.858. The minimum Gasteiger partial charge on any atom is -0.481 e. The fraction of sp³-hybridized carbons (Fsp3) is 0.611. The molecule has 1 amide bonds. The van der Waals surface area contributed by atoms with Gasteiger partial charge < -0.3 is 10.1 Å². The van der Waals surface area contributed by atoms with Gasteiger partial charge in [-0.3, -0.25) is 4.79 Å². The van der Waals surface area contributed by atoms with E-state index in [0.717, 1.165) is 16.9 Å². The zero-order valence-electron chi connectivity index (χ0n) is 14.4. The monoisotopic (exact) mass is 291 g/mol. The summed E-state index contributed by atoms with van der Waals surface area (Å²) in [5, 5.41) is 3.00. The van der Waals surface area contributed by atoms with Crippen LogP contribution in [0.25, 0.3) is 0 Å². The molecule has 0 aliphatic heterocycles. The van der Waals surface area contributed by atoms with Gasteiger partial charge in [0.25, 0.3) is 5.91 Å². The van der Waals surface area contributed by atoms with Crippen molar-refractivity contribution in [2.45, 2.75) is 66.5 Å². The Labute approximate surface area is 129 Å². The van der Waals surface area contributed by atoms with Gasteiger partial charge in [0.15, 0.2) is 6.10 Å². The van der Waals surface area contributed by atoms with Crippen molar-refractivity contribution in [1.82, 2.24) is 5.32 Å². The fourth-order valence-electron chi connectivity index (χ4n) is 1.97. The molecule has 2 atom stereocenters. The van der Waals surface area contributed by atoms with Crippen molar-refractivity contribution in [1.29, 1.82) is 0 Å². The first-order chi connectivity index (χ1) is 9.72. The van der Waals surface area contributed by atoms with Crippen LogP contribution in [0, 0.1) is 12.8 Å². The van der Waals surface area contributed by atoms with E-state index in [1.807, 2.05) is 19.9 Å². The lowest BCUT2D eigenvalue weighted by molar-refractivity contribution is -0.128. The topological polar surface area (TPSA) is 38.3 Å². The van der Waals surface area contributed by atoms with E-state index in [4.69, 9.17) is 4.74 Å². The van der Waals surface area contributed by atoms with Gasteiger partial charge in [0.05, 0.1) is 0 Å². The minimum atomic E-state index is -0.495. The molecule has 0 saturated carbocycles. The van der Waals surface area contributed by atoms with Gasteiger partial charge in [-0.25, -0.2) is 0 Å². The summed E-state index contributed by atoms with van der Waals surface area (Å²) in [5.74, 6) is 1.52. The molecule has 0 aromatic heterocycles. The molecule has 21 heavy (non-hydrogen) atoms. The van der Waals surface area contributed by atoms with E-state index in [-0.39, 0.29) is 11.9 Å². The third kappa shape index (κ3) is 5.07. The highest BCUT2D eigenvalue weighted by Gasteiger charge is 2.20. The second kappa shape index (κ2) is 7.48. The summed E-state index contributed by atoms with van der Waals surface area (Å²) < 4.78 is 5.92. The number of carbonyl (C=O) groups is 1. The van der Waals surface area contributed by atoms with Crippen LogP contribution in [0.4, 0.5) is 0 Å². The van der Waals surface area contributed by atoms with Crippen LogP contribution in [-0.2, 0) is 4.79 Å². The van der Waals surface area contributed by atoms with Crippen LogP contribution in [0.15, 0.2) is 18.2 Å². The molecule has 0 fully saturated rings. The van der Waals surface area contributed by atoms with E-state index in [2.05, 4.69) is 45.1 Å². The lowest BCUT2D eigenvalue weighted by atomic mass is 10.0. The number of rotatable bonds is 6. The van der Waals surface area contributed by atoms with Crippen molar-refractivity contribution in [3.05, 3.63) is 29.3 Å². The van der Waals surface area contributed by atoms with E-state index in [1.54, 1.807) is 6.92 Å². The van der Waals surface area contributed by atoms with E-state index in [9.17, 15) is 4.79 Å². The summed E-state index contributed by atoms with van der Waals surface area (Å²) in [6.45, 7) is 14.3. The van der Waals surface area contributed by atoms with Crippen molar-refractivity contribution in [3.63, 3.8) is 0 Å². The van der Waals surface area contributed by atoms with Gasteiger partial charge >= 0.3 is 0 Å². The average Bonchev–Trinajstić information content (AvgIpc) is 2.37. The molecule has 1 aromatic rings. The van der Waals surface area contributed by atoms with E-state index in [1.165, 1.54) is 0 Å². The molecule has 3 heteroatoms. The zero-order chi connectivity index (χ0) is 16.2. The third-order valence-electron chi connectivity index (χ3n) is 3.83. The highest BCUT2D eigenvalue weighted by atomic mass is 16.5. The number of amides is 1. The van der Waals surface area contributed by atoms with Gasteiger partial charge in [0.2, 0.25) is 0 Å². The normalized spacial score (nSPS) is 14.1. The maximum Gasteiger partial charge on any atom is 0.260 e. The molecule has 2 unspecified atom stereocenters. The standard InChI is InChI=1S/C18H29NO2/c1-11(2)14(6)19-18(20)15(7)21-17-10-13(5)8-9-16(17)12(3)4/h8-12,14-15H,1-7H3,(H,19,20). The van der Waals surface area contributed by atoms with E-state index >= 15 is 0 Å². The SMILES string of the molecule is Cc1ccc(C(C)C)c(OC(C)C(=O)NC(C)C(C)C)c1. The molecule has 1 aromatic carbocycles. The molecular formula is C18H29NO2. The molecule has 0 saturated heterocycles. The fourth-order valence-corrected chi connectivity index (χ4v) is 1.97. The highest BCUT2D eigenvalue weighted by Crippen LogP contribution is 2.28. The van der Waals surface area contributed by atoms with Crippen LogP contribution < -0.4 is 10.1 Å². The maximum absolute atomic E-state index is 12.2. The Kier molecular flexibility index (Phi) is 6.25. The van der Waals surface area contributed by atoms with Crippen molar-refractivity contribution < 1.29 is 9.53 Å². The van der Waals surface area contributed by atoms with Crippen LogP contribution in [-0.4, -0.2) is 18.1 Å². The Hall–Kier alpha value is -1.51. The molecule has 0 aliphatic carbocycles. The smallest absolute Gasteiger partial charge is 0.260 e. The Morgan fingerprint density at radius 2 is 1.71 bits per heavy atom. The number of hydrogen-bond donors (Lipinski definition) is 1. The highest BCUT2D eigenvalue weighted by molar-refractivity contribution is 5.81. The molecule has 0 bridgehead atoms. The van der Waals surface area contributed by atoms with Gasteiger partial charge in [-0.1, -0.05) is 39.8 Å². The molecule has 3 nitrogen and oxygen atoms in total. The first kappa shape index (κ1) is 17.5. The summed E-state index contributed by atoms with van der Waals surface area (Å²) in [4.78, 5) is 12.2. The van der Waals surface area contributed by atoms with Gasteiger partial charge in [0, 0.05) is 6.04 Å². The average molecular weight is 291 g/mol. The maximum atomic E-state index is 12.2. The number of hydrogen-bond acceptors (Lipinski definition) is 2. The second-order valence-corrected chi connectivity index (χ2v) is 6.50. The molecule has 0 aliphatic rings. The first-order valence-corrected chi connectivity index (χ1v) is 7.80. The molecule has 1 N–H and O–H groups in total. The zero-order valence-corrected chi connectivity index (χ0v) is 14.4. The first-order valence-electron chi connectivity index (χ1n) is 7.80. The molecule has 1 rings (SSSR count). The molecule has 118 valence electrons. The van der Waals surface area contributed by atoms with Crippen molar-refractivity contribution in [2.75, 3.05) is 0 Å². The molecule has 0 heterocycles. The molecular weight excluding hydrogens is 262 g/mol. The summed E-state index contributed by atoms with van der Waals surface area (Å²) in [7, 11) is 0. The summed E-state index contributed by atoms with van der Waals surface area (Å²) in [6, 6.07) is 6.31. The summed E-state index contributed by atoms with van der Waals surface area (Å²) in [5.41, 5.74) is 2.27. The number of ether oxygens (including phenoxy) is 1. The number of aryl methyl sites for hydroxylation is 1. The minimum absolute atomic E-state index is 0.0626. The van der Waals surface area contributed by atoms with Crippen molar-refractivity contribution >= 4 is 5.91 Å². The van der Waals surface area contributed by atoms with Crippen LogP contribution >= 0.6 is 0 Å². The summed E-state index contributed by atoms with van der Waals surface area (Å²) >= 11 is 0. The Balaban J connectivity index is 2.80. The number of carbonyl (C=O) groups excluding carboxylic acids is 1. The van der Waals surface area contributed by atoms with Crippen LogP contribution in [0.1, 0.15) is 58.6 Å². The van der Waals surface area contributed by atoms with Gasteiger partial charge in [0.1, 0.15) is 5.75 Å². The number of benzene rings is 1. The Morgan fingerprint density at radius 1 is 1.10 bits per heavy atom. The predicted octanol–water partition coefficient (Wildman–Crippen LogP) is 4.05. The number of nitrogens with one attached hydrogen (secondary N) is 1. The van der Waals surface area contributed by atoms with Gasteiger partial charge in [-0.15, -0.1) is 0 Å².